The van der Waals surface area contributed by atoms with Crippen LogP contribution in [0.4, 0.5) is 0 Å². The molecular formula is C13H17N. The van der Waals surface area contributed by atoms with Crippen LogP contribution in [0.5, 0.6) is 0 Å². The molecule has 14 heavy (non-hydrogen) atoms. The van der Waals surface area contributed by atoms with E-state index in [0.29, 0.717) is 0 Å². The second kappa shape index (κ2) is 5.28. The summed E-state index contributed by atoms with van der Waals surface area (Å²) in [5.74, 6) is 0. The average Bonchev–Trinajstić information content (AvgIpc) is 2.75. The van der Waals surface area contributed by atoms with Crippen molar-refractivity contribution in [3.05, 3.63) is 54.4 Å². The molecule has 2 aromatic rings. The highest BCUT2D eigenvalue weighted by Gasteiger charge is 1.91. The first-order chi connectivity index (χ1) is 6.86. The quantitative estimate of drug-likeness (QED) is 0.639. The lowest BCUT2D eigenvalue weighted by atomic mass is 10.2. The minimum Gasteiger partial charge on any atom is -0.324 e. The van der Waals surface area contributed by atoms with E-state index < -0.39 is 0 Å². The summed E-state index contributed by atoms with van der Waals surface area (Å²) in [4.78, 5) is 0. The summed E-state index contributed by atoms with van der Waals surface area (Å²) in [5, 5.41) is 0. The number of aryl methyl sites for hydroxylation is 1. The van der Waals surface area contributed by atoms with Crippen LogP contribution in [0.3, 0.4) is 0 Å². The number of aromatic nitrogens is 1. The Morgan fingerprint density at radius 3 is 1.86 bits per heavy atom. The number of hydrogen-bond donors (Lipinski definition) is 0. The van der Waals surface area contributed by atoms with Crippen LogP contribution < -0.4 is 0 Å². The van der Waals surface area contributed by atoms with Gasteiger partial charge in [-0.3, -0.25) is 0 Å². The molecule has 0 radical (unpaired) electrons. The lowest BCUT2D eigenvalue weighted by Gasteiger charge is -2.01. The maximum Gasteiger partial charge on any atom is 0.0449 e. The van der Waals surface area contributed by atoms with Crippen molar-refractivity contribution < 1.29 is 0 Å². The maximum absolute atomic E-state index is 2.12. The van der Waals surface area contributed by atoms with Crippen molar-refractivity contribution in [3.63, 3.8) is 0 Å². The van der Waals surface area contributed by atoms with Crippen LogP contribution in [-0.2, 0) is 0 Å². The molecule has 0 unspecified atom stereocenters. The largest absolute Gasteiger partial charge is 0.324 e. The van der Waals surface area contributed by atoms with Gasteiger partial charge in [-0.1, -0.05) is 31.5 Å². The van der Waals surface area contributed by atoms with Gasteiger partial charge < -0.3 is 4.57 Å². The monoisotopic (exact) mass is 187 g/mol. The Kier molecular flexibility index (Phi) is 3.99. The zero-order chi connectivity index (χ0) is 10.4. The van der Waals surface area contributed by atoms with Crippen molar-refractivity contribution in [2.45, 2.75) is 20.8 Å². The van der Waals surface area contributed by atoms with E-state index in [1.54, 1.807) is 0 Å². The summed E-state index contributed by atoms with van der Waals surface area (Å²) in [6.07, 6.45) is 4.09. The Balaban J connectivity index is 0.000000461. The molecule has 1 heterocycles. The first kappa shape index (κ1) is 10.6. The third-order valence-electron chi connectivity index (χ3n) is 1.94. The van der Waals surface area contributed by atoms with Crippen LogP contribution in [0.1, 0.15) is 19.4 Å². The molecule has 0 spiro atoms. The second-order valence-corrected chi connectivity index (χ2v) is 2.93. The van der Waals surface area contributed by atoms with E-state index in [1.165, 1.54) is 11.3 Å². The fourth-order valence-corrected chi connectivity index (χ4v) is 1.22. The predicted octanol–water partition coefficient (Wildman–Crippen LogP) is 3.81. The van der Waals surface area contributed by atoms with Crippen molar-refractivity contribution in [1.29, 1.82) is 0 Å². The Labute approximate surface area is 86.0 Å². The Hall–Kier alpha value is -1.50. The molecule has 0 saturated carbocycles. The third kappa shape index (κ3) is 2.49. The highest BCUT2D eigenvalue weighted by Crippen LogP contribution is 2.08. The van der Waals surface area contributed by atoms with Crippen LogP contribution in [-0.4, -0.2) is 4.57 Å². The summed E-state index contributed by atoms with van der Waals surface area (Å²) in [5.41, 5.74) is 2.51. The van der Waals surface area contributed by atoms with E-state index in [9.17, 15) is 0 Å². The molecule has 0 N–H and O–H groups in total. The van der Waals surface area contributed by atoms with Gasteiger partial charge in [0, 0.05) is 18.1 Å². The van der Waals surface area contributed by atoms with Gasteiger partial charge in [0.15, 0.2) is 0 Å². The van der Waals surface area contributed by atoms with Crippen LogP contribution in [0.25, 0.3) is 5.69 Å². The van der Waals surface area contributed by atoms with Crippen molar-refractivity contribution >= 4 is 0 Å². The number of rotatable bonds is 1. The van der Waals surface area contributed by atoms with Crippen molar-refractivity contribution in [1.82, 2.24) is 4.57 Å². The molecule has 2 rings (SSSR count). The first-order valence-corrected chi connectivity index (χ1v) is 5.06. The minimum absolute atomic E-state index is 1.21. The Morgan fingerprint density at radius 2 is 1.36 bits per heavy atom. The van der Waals surface area contributed by atoms with Crippen LogP contribution >= 0.6 is 0 Å². The van der Waals surface area contributed by atoms with Gasteiger partial charge in [-0.2, -0.15) is 0 Å². The second-order valence-electron chi connectivity index (χ2n) is 2.93. The zero-order valence-corrected chi connectivity index (χ0v) is 9.07. The molecule has 1 nitrogen and oxygen atoms in total. The first-order valence-electron chi connectivity index (χ1n) is 5.06. The topological polar surface area (TPSA) is 4.93 Å². The number of nitrogens with zero attached hydrogens (tertiary/aromatic N) is 1. The average molecular weight is 187 g/mol. The van der Waals surface area contributed by atoms with Crippen molar-refractivity contribution in [2.75, 3.05) is 0 Å². The summed E-state index contributed by atoms with van der Waals surface area (Å²) in [6, 6.07) is 12.5. The molecule has 0 amide bonds. The Bertz CT molecular complexity index is 343. The van der Waals surface area contributed by atoms with Crippen LogP contribution in [0.15, 0.2) is 48.8 Å². The number of hydrogen-bond acceptors (Lipinski definition) is 0. The smallest absolute Gasteiger partial charge is 0.0449 e. The summed E-state index contributed by atoms with van der Waals surface area (Å²) >= 11 is 0. The lowest BCUT2D eigenvalue weighted by Crippen LogP contribution is -1.88. The van der Waals surface area contributed by atoms with E-state index in [0.717, 1.165) is 0 Å². The van der Waals surface area contributed by atoms with Crippen molar-refractivity contribution in [3.8, 4) is 5.69 Å². The SMILES string of the molecule is CC.Cc1ccc(-n2cccc2)cc1. The van der Waals surface area contributed by atoms with Gasteiger partial charge in [-0.25, -0.2) is 0 Å². The summed E-state index contributed by atoms with van der Waals surface area (Å²) in [6.45, 7) is 6.10. The lowest BCUT2D eigenvalue weighted by molar-refractivity contribution is 1.08. The van der Waals surface area contributed by atoms with Gasteiger partial charge in [-0.15, -0.1) is 0 Å². The number of benzene rings is 1. The third-order valence-corrected chi connectivity index (χ3v) is 1.94. The highest BCUT2D eigenvalue weighted by atomic mass is 14.9. The predicted molar refractivity (Wildman–Crippen MR) is 61.9 cm³/mol. The van der Waals surface area contributed by atoms with E-state index in [2.05, 4.69) is 35.8 Å². The van der Waals surface area contributed by atoms with Gasteiger partial charge in [0.25, 0.3) is 0 Å². The van der Waals surface area contributed by atoms with Gasteiger partial charge in [0.2, 0.25) is 0 Å². The molecule has 1 aromatic carbocycles. The summed E-state index contributed by atoms with van der Waals surface area (Å²) in [7, 11) is 0. The standard InChI is InChI=1S/C11H11N.C2H6/c1-10-4-6-11(7-5-10)12-8-2-3-9-12;1-2/h2-9H,1H3;1-2H3. The van der Waals surface area contributed by atoms with Crippen LogP contribution in [0.2, 0.25) is 0 Å². The van der Waals surface area contributed by atoms with Gasteiger partial charge in [0.1, 0.15) is 0 Å². The highest BCUT2D eigenvalue weighted by molar-refractivity contribution is 5.34. The molecule has 1 heteroatoms. The van der Waals surface area contributed by atoms with Gasteiger partial charge in [-0.05, 0) is 31.2 Å². The molecule has 1 aromatic heterocycles. The molecule has 0 fully saturated rings. The van der Waals surface area contributed by atoms with E-state index in [4.69, 9.17) is 0 Å². The molecular weight excluding hydrogens is 170 g/mol. The normalized spacial score (nSPS) is 9.07. The fraction of sp³-hybridized carbons (Fsp3) is 0.231. The van der Waals surface area contributed by atoms with E-state index in [1.807, 2.05) is 38.4 Å². The molecule has 0 aliphatic rings. The van der Waals surface area contributed by atoms with E-state index >= 15 is 0 Å². The van der Waals surface area contributed by atoms with Gasteiger partial charge >= 0.3 is 0 Å². The molecule has 0 atom stereocenters. The van der Waals surface area contributed by atoms with Gasteiger partial charge in [0.05, 0.1) is 0 Å². The minimum atomic E-state index is 1.21. The molecule has 0 aliphatic heterocycles. The van der Waals surface area contributed by atoms with Crippen LogP contribution in [0, 0.1) is 6.92 Å². The maximum atomic E-state index is 2.12. The van der Waals surface area contributed by atoms with Crippen molar-refractivity contribution in [2.24, 2.45) is 0 Å². The molecule has 74 valence electrons. The van der Waals surface area contributed by atoms with E-state index in [-0.39, 0.29) is 0 Å². The Morgan fingerprint density at radius 1 is 0.857 bits per heavy atom. The molecule has 0 aliphatic carbocycles. The summed E-state index contributed by atoms with van der Waals surface area (Å²) < 4.78 is 2.10. The molecule has 0 bridgehead atoms. The molecule has 0 saturated heterocycles. The zero-order valence-electron chi connectivity index (χ0n) is 9.07. The fourth-order valence-electron chi connectivity index (χ4n) is 1.22.